The zero-order valence-electron chi connectivity index (χ0n) is 14.0. The molecule has 26 heavy (non-hydrogen) atoms. The fraction of sp³-hybridized carbons (Fsp3) is 0.263. The number of rotatable bonds is 5. The van der Waals surface area contributed by atoms with E-state index in [4.69, 9.17) is 23.2 Å². The highest BCUT2D eigenvalue weighted by molar-refractivity contribution is 7.17. The minimum atomic E-state index is -0.358. The Labute approximate surface area is 166 Å². The lowest BCUT2D eigenvalue weighted by Crippen LogP contribution is -2.26. The number of amides is 2. The minimum Gasteiger partial charge on any atom is -0.348 e. The van der Waals surface area contributed by atoms with Crippen LogP contribution in [0.3, 0.4) is 0 Å². The minimum absolute atomic E-state index is 0.193. The second-order valence-electron chi connectivity index (χ2n) is 5.99. The largest absolute Gasteiger partial charge is 0.348 e. The molecule has 1 aliphatic carbocycles. The number of thiophene rings is 1. The molecule has 7 heteroatoms. The van der Waals surface area contributed by atoms with Gasteiger partial charge in [-0.05, 0) is 49.4 Å². The van der Waals surface area contributed by atoms with Crippen LogP contribution in [0, 0.1) is 0 Å². The third-order valence-electron chi connectivity index (χ3n) is 4.21. The molecule has 0 saturated heterocycles. The number of aryl methyl sites for hydroxylation is 1. The van der Waals surface area contributed by atoms with Crippen molar-refractivity contribution in [2.75, 3.05) is 11.9 Å². The molecule has 0 unspecified atom stereocenters. The lowest BCUT2D eigenvalue weighted by molar-refractivity contribution is 0.0958. The Morgan fingerprint density at radius 3 is 2.69 bits per heavy atom. The smallest absolute Gasteiger partial charge is 0.257 e. The number of hydrogen-bond donors (Lipinski definition) is 2. The molecule has 0 radical (unpaired) electrons. The van der Waals surface area contributed by atoms with Gasteiger partial charge in [-0.3, -0.25) is 9.59 Å². The topological polar surface area (TPSA) is 58.2 Å². The summed E-state index contributed by atoms with van der Waals surface area (Å²) < 4.78 is 0. The van der Waals surface area contributed by atoms with Crippen LogP contribution in [0.25, 0.3) is 0 Å². The van der Waals surface area contributed by atoms with E-state index in [0.29, 0.717) is 27.7 Å². The molecule has 0 atom stereocenters. The number of hydrogen-bond acceptors (Lipinski definition) is 3. The average Bonchev–Trinajstić information content (AvgIpc) is 2.97. The Balaban J connectivity index is 1.93. The predicted molar refractivity (Wildman–Crippen MR) is 108 cm³/mol. The maximum atomic E-state index is 12.7. The van der Waals surface area contributed by atoms with Gasteiger partial charge < -0.3 is 10.6 Å². The molecule has 2 aromatic rings. The second-order valence-corrected chi connectivity index (χ2v) is 7.94. The molecule has 1 aromatic carbocycles. The molecule has 1 aliphatic rings. The Morgan fingerprint density at radius 2 is 1.96 bits per heavy atom. The lowest BCUT2D eigenvalue weighted by atomic mass is 9.95. The summed E-state index contributed by atoms with van der Waals surface area (Å²) in [4.78, 5) is 26.5. The highest BCUT2D eigenvalue weighted by Crippen LogP contribution is 2.38. The molecule has 0 bridgehead atoms. The monoisotopic (exact) mass is 408 g/mol. The van der Waals surface area contributed by atoms with E-state index in [-0.39, 0.29) is 16.8 Å². The normalized spacial score (nSPS) is 13.0. The van der Waals surface area contributed by atoms with Crippen molar-refractivity contribution in [1.82, 2.24) is 5.32 Å². The quantitative estimate of drug-likeness (QED) is 0.675. The summed E-state index contributed by atoms with van der Waals surface area (Å²) in [7, 11) is 0. The predicted octanol–water partition coefficient (Wildman–Crippen LogP) is 5.10. The number of halogens is 2. The second kappa shape index (κ2) is 8.25. The number of benzene rings is 1. The van der Waals surface area contributed by atoms with Crippen LogP contribution in [0.4, 0.5) is 5.00 Å². The standard InChI is InChI=1S/C19H18Cl2N2O2S/c1-2-9-22-18(25)16-13-5-3-4-6-15(13)26-19(16)23-17(24)12-8-7-11(20)10-14(12)21/h2,7-8,10H,1,3-6,9H2,(H,22,25)(H,23,24). The third kappa shape index (κ3) is 3.95. The van der Waals surface area contributed by atoms with E-state index in [1.165, 1.54) is 17.4 Å². The van der Waals surface area contributed by atoms with Crippen LogP contribution in [0.1, 0.15) is 44.0 Å². The van der Waals surface area contributed by atoms with Gasteiger partial charge in [-0.15, -0.1) is 17.9 Å². The molecule has 2 N–H and O–H groups in total. The van der Waals surface area contributed by atoms with Crippen molar-refractivity contribution in [1.29, 1.82) is 0 Å². The van der Waals surface area contributed by atoms with Crippen molar-refractivity contribution in [2.24, 2.45) is 0 Å². The molecule has 0 spiro atoms. The van der Waals surface area contributed by atoms with Crippen molar-refractivity contribution in [3.8, 4) is 0 Å². The number of fused-ring (bicyclic) bond motifs is 1. The van der Waals surface area contributed by atoms with E-state index < -0.39 is 0 Å². The lowest BCUT2D eigenvalue weighted by Gasteiger charge is -2.13. The van der Waals surface area contributed by atoms with E-state index in [1.807, 2.05) is 0 Å². The highest BCUT2D eigenvalue weighted by Gasteiger charge is 2.26. The number of anilines is 1. The van der Waals surface area contributed by atoms with Gasteiger partial charge in [-0.2, -0.15) is 0 Å². The first-order valence-corrected chi connectivity index (χ1v) is 9.88. The van der Waals surface area contributed by atoms with E-state index in [9.17, 15) is 9.59 Å². The fourth-order valence-corrected chi connectivity index (χ4v) is 4.77. The van der Waals surface area contributed by atoms with E-state index in [0.717, 1.165) is 36.1 Å². The zero-order valence-corrected chi connectivity index (χ0v) is 16.4. The Morgan fingerprint density at radius 1 is 1.19 bits per heavy atom. The van der Waals surface area contributed by atoms with Gasteiger partial charge in [0.2, 0.25) is 0 Å². The van der Waals surface area contributed by atoms with Gasteiger partial charge in [0, 0.05) is 16.4 Å². The van der Waals surface area contributed by atoms with Gasteiger partial charge in [0.1, 0.15) is 5.00 Å². The summed E-state index contributed by atoms with van der Waals surface area (Å²) in [6.45, 7) is 4.00. The number of carbonyl (C=O) groups excluding carboxylic acids is 2. The Hall–Kier alpha value is -1.82. The van der Waals surface area contributed by atoms with E-state index >= 15 is 0 Å². The zero-order chi connectivity index (χ0) is 18.7. The molecule has 1 heterocycles. The van der Waals surface area contributed by atoms with Crippen molar-refractivity contribution in [3.05, 3.63) is 62.5 Å². The molecule has 1 aromatic heterocycles. The van der Waals surface area contributed by atoms with Crippen LogP contribution >= 0.6 is 34.5 Å². The van der Waals surface area contributed by atoms with Crippen molar-refractivity contribution in [3.63, 3.8) is 0 Å². The summed E-state index contributed by atoms with van der Waals surface area (Å²) in [6.07, 6.45) is 5.54. The fourth-order valence-electron chi connectivity index (χ4n) is 2.99. The summed E-state index contributed by atoms with van der Waals surface area (Å²) in [5, 5.41) is 6.98. The number of nitrogens with one attached hydrogen (secondary N) is 2. The first-order valence-electron chi connectivity index (χ1n) is 8.31. The summed E-state index contributed by atoms with van der Waals surface area (Å²) in [5.41, 5.74) is 1.92. The molecule has 0 fully saturated rings. The van der Waals surface area contributed by atoms with E-state index in [1.54, 1.807) is 18.2 Å². The van der Waals surface area contributed by atoms with Crippen LogP contribution in [0.15, 0.2) is 30.9 Å². The third-order valence-corrected chi connectivity index (χ3v) is 5.96. The van der Waals surface area contributed by atoms with Gasteiger partial charge >= 0.3 is 0 Å². The summed E-state index contributed by atoms with van der Waals surface area (Å²) in [6, 6.07) is 4.71. The van der Waals surface area contributed by atoms with Crippen molar-refractivity contribution >= 4 is 51.4 Å². The molecule has 0 saturated carbocycles. The summed E-state index contributed by atoms with van der Waals surface area (Å²) >= 11 is 13.5. The molecule has 3 rings (SSSR count). The summed E-state index contributed by atoms with van der Waals surface area (Å²) in [5.74, 6) is -0.551. The van der Waals surface area contributed by atoms with Crippen molar-refractivity contribution < 1.29 is 9.59 Å². The van der Waals surface area contributed by atoms with Gasteiger partial charge in [0.05, 0.1) is 16.1 Å². The highest BCUT2D eigenvalue weighted by atomic mass is 35.5. The van der Waals surface area contributed by atoms with Gasteiger partial charge in [0.15, 0.2) is 0 Å². The van der Waals surface area contributed by atoms with E-state index in [2.05, 4.69) is 17.2 Å². The first kappa shape index (κ1) is 19.0. The average molecular weight is 409 g/mol. The molecule has 4 nitrogen and oxygen atoms in total. The molecule has 136 valence electrons. The first-order chi connectivity index (χ1) is 12.5. The molecular weight excluding hydrogens is 391 g/mol. The molecule has 2 amide bonds. The Bertz CT molecular complexity index is 877. The van der Waals surface area contributed by atoms with Crippen LogP contribution in [-0.2, 0) is 12.8 Å². The maximum absolute atomic E-state index is 12.7. The van der Waals surface area contributed by atoms with Gasteiger partial charge in [-0.25, -0.2) is 0 Å². The molecular formula is C19H18Cl2N2O2S. The van der Waals surface area contributed by atoms with Crippen LogP contribution in [0.5, 0.6) is 0 Å². The number of carbonyl (C=O) groups is 2. The van der Waals surface area contributed by atoms with Gasteiger partial charge in [-0.1, -0.05) is 29.3 Å². The van der Waals surface area contributed by atoms with Crippen LogP contribution in [0.2, 0.25) is 10.0 Å². The van der Waals surface area contributed by atoms with Crippen molar-refractivity contribution in [2.45, 2.75) is 25.7 Å². The molecule has 0 aliphatic heterocycles. The SMILES string of the molecule is C=CCNC(=O)c1c(NC(=O)c2ccc(Cl)cc2Cl)sc2c1CCCC2. The maximum Gasteiger partial charge on any atom is 0.257 e. The van der Waals surface area contributed by atoms with Gasteiger partial charge in [0.25, 0.3) is 11.8 Å². The van der Waals surface area contributed by atoms with Crippen LogP contribution in [-0.4, -0.2) is 18.4 Å². The Kier molecular flexibility index (Phi) is 6.01. The van der Waals surface area contributed by atoms with Crippen LogP contribution < -0.4 is 10.6 Å².